The molecule has 0 radical (unpaired) electrons. The molecular weight excluding hydrogens is 326 g/mol. The van der Waals surface area contributed by atoms with Crippen LogP contribution in [0.25, 0.3) is 10.9 Å². The van der Waals surface area contributed by atoms with Crippen LogP contribution in [0.15, 0.2) is 28.9 Å². The lowest BCUT2D eigenvalue weighted by atomic mass is 9.87. The minimum atomic E-state index is 0.726. The molecule has 1 aromatic carbocycles. The summed E-state index contributed by atoms with van der Waals surface area (Å²) < 4.78 is 1.05. The molecule has 3 N–H and O–H groups in total. The van der Waals surface area contributed by atoms with Crippen LogP contribution in [0.4, 0.5) is 11.4 Å². The number of nitrogens with one attached hydrogen (secondary N) is 1. The van der Waals surface area contributed by atoms with E-state index in [2.05, 4.69) is 32.3 Å². The van der Waals surface area contributed by atoms with Gasteiger partial charge in [0.1, 0.15) is 0 Å². The van der Waals surface area contributed by atoms with Crippen LogP contribution in [0.3, 0.4) is 0 Å². The van der Waals surface area contributed by atoms with Gasteiger partial charge in [-0.25, -0.2) is 0 Å². The number of fused-ring (bicyclic) bond motifs is 1. The SMILES string of the molecule is Nc1cnc2ccc(Br)cc2c1NCCC1CCCCC1. The smallest absolute Gasteiger partial charge is 0.0743 e. The van der Waals surface area contributed by atoms with Gasteiger partial charge in [-0.2, -0.15) is 0 Å². The Morgan fingerprint density at radius 2 is 2.05 bits per heavy atom. The summed E-state index contributed by atoms with van der Waals surface area (Å²) in [6, 6.07) is 6.12. The molecule has 0 bridgehead atoms. The second-order valence-electron chi connectivity index (χ2n) is 5.97. The van der Waals surface area contributed by atoms with Crippen molar-refractivity contribution in [2.24, 2.45) is 5.92 Å². The predicted octanol–water partition coefficient (Wildman–Crippen LogP) is 4.96. The monoisotopic (exact) mass is 347 g/mol. The Hall–Kier alpha value is -1.29. The largest absolute Gasteiger partial charge is 0.396 e. The standard InChI is InChI=1S/C17H22BrN3/c18-13-6-7-16-14(10-13)17(15(19)11-21-16)20-9-8-12-4-2-1-3-5-12/h6-7,10-12H,1-5,8-9,19H2,(H,20,21). The average molecular weight is 348 g/mol. The molecule has 3 nitrogen and oxygen atoms in total. The second kappa shape index (κ2) is 6.65. The first kappa shape index (κ1) is 14.6. The molecule has 1 aliphatic rings. The molecule has 21 heavy (non-hydrogen) atoms. The van der Waals surface area contributed by atoms with Crippen molar-refractivity contribution in [1.29, 1.82) is 0 Å². The first-order chi connectivity index (χ1) is 10.2. The van der Waals surface area contributed by atoms with E-state index in [0.717, 1.165) is 39.2 Å². The zero-order valence-electron chi connectivity index (χ0n) is 12.2. The zero-order valence-corrected chi connectivity index (χ0v) is 13.8. The highest BCUT2D eigenvalue weighted by Gasteiger charge is 2.13. The lowest BCUT2D eigenvalue weighted by Gasteiger charge is -2.22. The summed E-state index contributed by atoms with van der Waals surface area (Å²) in [4.78, 5) is 4.39. The number of nitrogen functional groups attached to an aromatic ring is 1. The summed E-state index contributed by atoms with van der Waals surface area (Å²) in [7, 11) is 0. The zero-order chi connectivity index (χ0) is 14.7. The molecule has 0 atom stereocenters. The lowest BCUT2D eigenvalue weighted by Crippen LogP contribution is -2.13. The molecule has 2 aromatic rings. The van der Waals surface area contributed by atoms with Crippen molar-refractivity contribution in [3.8, 4) is 0 Å². The Morgan fingerprint density at radius 1 is 1.24 bits per heavy atom. The van der Waals surface area contributed by atoms with Crippen molar-refractivity contribution in [3.05, 3.63) is 28.9 Å². The van der Waals surface area contributed by atoms with Crippen molar-refractivity contribution in [1.82, 2.24) is 4.98 Å². The number of aromatic nitrogens is 1. The van der Waals surface area contributed by atoms with Crippen LogP contribution < -0.4 is 11.1 Å². The van der Waals surface area contributed by atoms with Gasteiger partial charge in [-0.05, 0) is 30.5 Å². The van der Waals surface area contributed by atoms with E-state index >= 15 is 0 Å². The molecule has 1 fully saturated rings. The van der Waals surface area contributed by atoms with E-state index in [-0.39, 0.29) is 0 Å². The number of rotatable bonds is 4. The highest BCUT2D eigenvalue weighted by Crippen LogP contribution is 2.31. The number of halogens is 1. The third kappa shape index (κ3) is 3.49. The number of benzene rings is 1. The van der Waals surface area contributed by atoms with Gasteiger partial charge in [0, 0.05) is 16.4 Å². The van der Waals surface area contributed by atoms with Crippen LogP contribution in [0.1, 0.15) is 38.5 Å². The number of nitrogens with zero attached hydrogens (tertiary/aromatic N) is 1. The molecule has 112 valence electrons. The van der Waals surface area contributed by atoms with Crippen LogP contribution in [0, 0.1) is 5.92 Å². The topological polar surface area (TPSA) is 50.9 Å². The normalized spacial score (nSPS) is 16.2. The minimum absolute atomic E-state index is 0.726. The van der Waals surface area contributed by atoms with E-state index < -0.39 is 0 Å². The molecule has 0 saturated heterocycles. The maximum absolute atomic E-state index is 6.12. The van der Waals surface area contributed by atoms with Crippen molar-refractivity contribution < 1.29 is 0 Å². The summed E-state index contributed by atoms with van der Waals surface area (Å²) in [5, 5.41) is 4.64. The van der Waals surface area contributed by atoms with Crippen LogP contribution >= 0.6 is 15.9 Å². The van der Waals surface area contributed by atoms with Gasteiger partial charge < -0.3 is 11.1 Å². The summed E-state index contributed by atoms with van der Waals surface area (Å²) in [6.45, 7) is 0.987. The molecule has 1 aromatic heterocycles. The van der Waals surface area contributed by atoms with E-state index in [9.17, 15) is 0 Å². The fourth-order valence-electron chi connectivity index (χ4n) is 3.25. The molecular formula is C17H22BrN3. The second-order valence-corrected chi connectivity index (χ2v) is 6.89. The van der Waals surface area contributed by atoms with Crippen LogP contribution in [0.5, 0.6) is 0 Å². The Kier molecular flexibility index (Phi) is 4.63. The van der Waals surface area contributed by atoms with Gasteiger partial charge in [-0.15, -0.1) is 0 Å². The fourth-order valence-corrected chi connectivity index (χ4v) is 3.62. The van der Waals surface area contributed by atoms with E-state index in [4.69, 9.17) is 5.73 Å². The number of nitrogens with two attached hydrogens (primary N) is 1. The molecule has 1 aliphatic carbocycles. The summed E-state index contributed by atoms with van der Waals surface area (Å²) in [5.41, 5.74) is 8.85. The van der Waals surface area contributed by atoms with Gasteiger partial charge in [-0.1, -0.05) is 48.0 Å². The van der Waals surface area contributed by atoms with E-state index in [1.807, 2.05) is 12.1 Å². The highest BCUT2D eigenvalue weighted by molar-refractivity contribution is 9.10. The van der Waals surface area contributed by atoms with Crippen molar-refractivity contribution in [2.45, 2.75) is 38.5 Å². The maximum atomic E-state index is 6.12. The Morgan fingerprint density at radius 3 is 2.86 bits per heavy atom. The minimum Gasteiger partial charge on any atom is -0.396 e. The lowest BCUT2D eigenvalue weighted by molar-refractivity contribution is 0.345. The van der Waals surface area contributed by atoms with E-state index in [1.54, 1.807) is 6.20 Å². The Labute approximate surface area is 134 Å². The van der Waals surface area contributed by atoms with Crippen LogP contribution in [-0.4, -0.2) is 11.5 Å². The number of hydrogen-bond acceptors (Lipinski definition) is 3. The van der Waals surface area contributed by atoms with Gasteiger partial charge in [0.15, 0.2) is 0 Å². The molecule has 0 amide bonds. The van der Waals surface area contributed by atoms with Gasteiger partial charge in [0.2, 0.25) is 0 Å². The average Bonchev–Trinajstić information content (AvgIpc) is 2.50. The number of anilines is 2. The molecule has 3 rings (SSSR count). The van der Waals surface area contributed by atoms with Gasteiger partial charge in [-0.3, -0.25) is 4.98 Å². The third-order valence-electron chi connectivity index (χ3n) is 4.44. The molecule has 0 unspecified atom stereocenters. The quantitative estimate of drug-likeness (QED) is 0.821. The van der Waals surface area contributed by atoms with Crippen molar-refractivity contribution in [2.75, 3.05) is 17.6 Å². The molecule has 4 heteroatoms. The molecule has 0 aliphatic heterocycles. The van der Waals surface area contributed by atoms with Crippen molar-refractivity contribution >= 4 is 38.2 Å². The van der Waals surface area contributed by atoms with E-state index in [0.29, 0.717) is 0 Å². The summed E-state index contributed by atoms with van der Waals surface area (Å²) in [5.74, 6) is 0.882. The highest BCUT2D eigenvalue weighted by atomic mass is 79.9. The fraction of sp³-hybridized carbons (Fsp3) is 0.471. The van der Waals surface area contributed by atoms with Gasteiger partial charge >= 0.3 is 0 Å². The summed E-state index contributed by atoms with van der Waals surface area (Å²) >= 11 is 3.53. The Bertz CT molecular complexity index is 615. The van der Waals surface area contributed by atoms with Crippen LogP contribution in [0.2, 0.25) is 0 Å². The molecule has 0 spiro atoms. The molecule has 1 heterocycles. The molecule has 1 saturated carbocycles. The number of hydrogen-bond donors (Lipinski definition) is 2. The van der Waals surface area contributed by atoms with Gasteiger partial charge in [0.05, 0.1) is 23.1 Å². The first-order valence-electron chi connectivity index (χ1n) is 7.81. The first-order valence-corrected chi connectivity index (χ1v) is 8.61. The third-order valence-corrected chi connectivity index (χ3v) is 4.93. The van der Waals surface area contributed by atoms with Gasteiger partial charge in [0.25, 0.3) is 0 Å². The number of pyridine rings is 1. The summed E-state index contributed by atoms with van der Waals surface area (Å²) in [6.07, 6.45) is 9.98. The maximum Gasteiger partial charge on any atom is 0.0743 e. The van der Waals surface area contributed by atoms with E-state index in [1.165, 1.54) is 38.5 Å². The van der Waals surface area contributed by atoms with Crippen molar-refractivity contribution in [3.63, 3.8) is 0 Å². The van der Waals surface area contributed by atoms with Crippen LogP contribution in [-0.2, 0) is 0 Å². The predicted molar refractivity (Wildman–Crippen MR) is 93.5 cm³/mol. The Balaban J connectivity index is 1.73.